The number of fused-ring (bicyclic) bond motifs is 1. The van der Waals surface area contributed by atoms with E-state index in [1.807, 2.05) is 0 Å². The summed E-state index contributed by atoms with van der Waals surface area (Å²) in [6.45, 7) is 4.95. The van der Waals surface area contributed by atoms with E-state index in [1.54, 1.807) is 30.3 Å². The fraction of sp³-hybridized carbons (Fsp3) is 0.385. The molecular formula is C26H28N2O7. The van der Waals surface area contributed by atoms with E-state index in [-0.39, 0.29) is 17.1 Å². The molecule has 1 amide bonds. The van der Waals surface area contributed by atoms with Crippen LogP contribution >= 0.6 is 0 Å². The molecule has 3 heterocycles. The lowest BCUT2D eigenvalue weighted by Gasteiger charge is -2.29. The number of rotatable bonds is 6. The van der Waals surface area contributed by atoms with Gasteiger partial charge in [-0.25, -0.2) is 0 Å². The Morgan fingerprint density at radius 2 is 1.71 bits per heavy atom. The first-order valence-corrected chi connectivity index (χ1v) is 11.8. The van der Waals surface area contributed by atoms with E-state index in [2.05, 4.69) is 4.90 Å². The van der Waals surface area contributed by atoms with Gasteiger partial charge in [0.25, 0.3) is 11.7 Å². The van der Waals surface area contributed by atoms with E-state index in [1.165, 1.54) is 17.0 Å². The first kappa shape index (κ1) is 23.2. The maximum Gasteiger partial charge on any atom is 0.295 e. The number of aromatic hydroxyl groups is 1. The van der Waals surface area contributed by atoms with Gasteiger partial charge in [0.1, 0.15) is 24.7 Å². The highest BCUT2D eigenvalue weighted by molar-refractivity contribution is 6.46. The normalized spacial score (nSPS) is 21.9. The van der Waals surface area contributed by atoms with E-state index >= 15 is 0 Å². The van der Waals surface area contributed by atoms with Gasteiger partial charge in [0.2, 0.25) is 0 Å². The third-order valence-electron chi connectivity index (χ3n) is 6.52. The molecule has 9 nitrogen and oxygen atoms in total. The Hall–Kier alpha value is -3.56. The number of aliphatic hydroxyl groups is 1. The van der Waals surface area contributed by atoms with Crippen molar-refractivity contribution in [1.82, 2.24) is 9.80 Å². The molecule has 2 aromatic carbocycles. The van der Waals surface area contributed by atoms with E-state index in [9.17, 15) is 19.8 Å². The number of hydrogen-bond acceptors (Lipinski definition) is 8. The Bertz CT molecular complexity index is 1160. The van der Waals surface area contributed by atoms with Crippen LogP contribution in [0.25, 0.3) is 5.76 Å². The molecule has 0 saturated carbocycles. The van der Waals surface area contributed by atoms with Crippen molar-refractivity contribution in [3.8, 4) is 17.2 Å². The van der Waals surface area contributed by atoms with Gasteiger partial charge < -0.3 is 29.3 Å². The monoisotopic (exact) mass is 480 g/mol. The fourth-order valence-electron chi connectivity index (χ4n) is 4.79. The predicted octanol–water partition coefficient (Wildman–Crippen LogP) is 2.31. The number of morpholine rings is 1. The number of carbonyl (C=O) groups is 2. The lowest BCUT2D eigenvalue weighted by Crippen LogP contribution is -2.38. The second-order valence-electron chi connectivity index (χ2n) is 8.75. The third-order valence-corrected chi connectivity index (χ3v) is 6.52. The Morgan fingerprint density at radius 1 is 0.943 bits per heavy atom. The van der Waals surface area contributed by atoms with Crippen molar-refractivity contribution in [2.45, 2.75) is 12.5 Å². The van der Waals surface area contributed by atoms with Gasteiger partial charge in [0.05, 0.1) is 24.8 Å². The minimum Gasteiger partial charge on any atom is -0.508 e. The predicted molar refractivity (Wildman–Crippen MR) is 126 cm³/mol. The molecule has 5 rings (SSSR count). The highest BCUT2D eigenvalue weighted by Crippen LogP contribution is 2.41. The SMILES string of the molecule is O=C1C(=O)N(CCCN2CCOCC2)[C@H](c2cccc(O)c2)/C1=C(\O)c1ccc2c(c1)OCCO2. The van der Waals surface area contributed by atoms with Gasteiger partial charge in [-0.1, -0.05) is 12.1 Å². The Kier molecular flexibility index (Phi) is 6.61. The number of amides is 1. The molecule has 9 heteroatoms. The number of phenols is 1. The summed E-state index contributed by atoms with van der Waals surface area (Å²) in [5.74, 6) is -0.670. The maximum absolute atomic E-state index is 13.2. The van der Waals surface area contributed by atoms with Crippen molar-refractivity contribution in [2.75, 3.05) is 52.6 Å². The molecule has 0 bridgehead atoms. The van der Waals surface area contributed by atoms with Crippen LogP contribution in [0.2, 0.25) is 0 Å². The molecule has 0 unspecified atom stereocenters. The number of ether oxygens (including phenoxy) is 3. The van der Waals surface area contributed by atoms with Crippen molar-refractivity contribution in [1.29, 1.82) is 0 Å². The molecule has 2 N–H and O–H groups in total. The van der Waals surface area contributed by atoms with Crippen LogP contribution in [0.3, 0.4) is 0 Å². The molecule has 3 aliphatic rings. The van der Waals surface area contributed by atoms with Crippen LogP contribution < -0.4 is 9.47 Å². The molecule has 0 radical (unpaired) electrons. The van der Waals surface area contributed by atoms with Gasteiger partial charge in [-0.2, -0.15) is 0 Å². The number of Topliss-reactive ketones (excluding diaryl/α,β-unsaturated/α-hetero) is 1. The molecule has 2 saturated heterocycles. The van der Waals surface area contributed by atoms with Crippen molar-refractivity contribution in [3.63, 3.8) is 0 Å². The first-order chi connectivity index (χ1) is 17.0. The minimum atomic E-state index is -0.819. The van der Waals surface area contributed by atoms with Gasteiger partial charge in [-0.15, -0.1) is 0 Å². The molecule has 0 aliphatic carbocycles. The average molecular weight is 481 g/mol. The summed E-state index contributed by atoms with van der Waals surface area (Å²) in [5, 5.41) is 21.4. The quantitative estimate of drug-likeness (QED) is 0.368. The molecule has 2 aromatic rings. The number of hydrogen-bond donors (Lipinski definition) is 2. The van der Waals surface area contributed by atoms with Gasteiger partial charge in [0, 0.05) is 31.7 Å². The second kappa shape index (κ2) is 9.97. The fourth-order valence-corrected chi connectivity index (χ4v) is 4.79. The van der Waals surface area contributed by atoms with Crippen LogP contribution in [0.5, 0.6) is 17.2 Å². The number of nitrogens with zero attached hydrogens (tertiary/aromatic N) is 2. The van der Waals surface area contributed by atoms with E-state index < -0.39 is 17.7 Å². The summed E-state index contributed by atoms with van der Waals surface area (Å²) in [5.41, 5.74) is 0.893. The number of aliphatic hydroxyl groups excluding tert-OH is 1. The minimum absolute atomic E-state index is 0.0105. The first-order valence-electron chi connectivity index (χ1n) is 11.8. The Morgan fingerprint density at radius 3 is 2.49 bits per heavy atom. The van der Waals surface area contributed by atoms with Crippen LogP contribution in [0, 0.1) is 0 Å². The zero-order chi connectivity index (χ0) is 24.4. The van der Waals surface area contributed by atoms with E-state index in [0.717, 1.165) is 19.6 Å². The Balaban J connectivity index is 1.48. The number of phenolic OH excluding ortho intramolecular Hbond substituents is 1. The highest BCUT2D eigenvalue weighted by atomic mass is 16.6. The summed E-state index contributed by atoms with van der Waals surface area (Å²) < 4.78 is 16.6. The van der Waals surface area contributed by atoms with Crippen molar-refractivity contribution >= 4 is 17.4 Å². The zero-order valence-corrected chi connectivity index (χ0v) is 19.3. The highest BCUT2D eigenvalue weighted by Gasteiger charge is 2.46. The molecule has 35 heavy (non-hydrogen) atoms. The van der Waals surface area contributed by atoms with Gasteiger partial charge in [-0.05, 0) is 42.3 Å². The van der Waals surface area contributed by atoms with Crippen molar-refractivity contribution < 1.29 is 34.0 Å². The van der Waals surface area contributed by atoms with Crippen LogP contribution in [0.15, 0.2) is 48.0 Å². The summed E-state index contributed by atoms with van der Waals surface area (Å²) in [6, 6.07) is 10.5. The van der Waals surface area contributed by atoms with Crippen molar-refractivity contribution in [2.24, 2.45) is 0 Å². The molecule has 184 valence electrons. The largest absolute Gasteiger partial charge is 0.508 e. The zero-order valence-electron chi connectivity index (χ0n) is 19.3. The number of benzene rings is 2. The van der Waals surface area contributed by atoms with Crippen molar-refractivity contribution in [3.05, 3.63) is 59.2 Å². The maximum atomic E-state index is 13.2. The van der Waals surface area contributed by atoms with Crippen LogP contribution in [-0.2, 0) is 14.3 Å². The van der Waals surface area contributed by atoms with E-state index in [4.69, 9.17) is 14.2 Å². The number of carbonyl (C=O) groups excluding carboxylic acids is 2. The smallest absolute Gasteiger partial charge is 0.295 e. The molecule has 1 atom stereocenters. The van der Waals surface area contributed by atoms with Crippen LogP contribution in [0.1, 0.15) is 23.6 Å². The Labute approximate surface area is 203 Å². The molecule has 0 spiro atoms. The summed E-state index contributed by atoms with van der Waals surface area (Å²) in [7, 11) is 0. The van der Waals surface area contributed by atoms with Crippen LogP contribution in [-0.4, -0.2) is 84.3 Å². The molecular weight excluding hydrogens is 452 g/mol. The van der Waals surface area contributed by atoms with E-state index in [0.29, 0.717) is 62.0 Å². The standard InChI is InChI=1S/C26H28N2O7/c29-19-4-1-3-17(15-19)23-22(24(30)18-5-6-20-21(16-18)35-14-13-34-20)25(31)26(32)28(23)8-2-7-27-9-11-33-12-10-27/h1,3-6,15-16,23,29-30H,2,7-14H2/b24-22+/t23-/m1/s1. The summed E-state index contributed by atoms with van der Waals surface area (Å²) in [4.78, 5) is 30.1. The number of likely N-dealkylation sites (tertiary alicyclic amines) is 1. The van der Waals surface area contributed by atoms with Crippen LogP contribution in [0.4, 0.5) is 0 Å². The average Bonchev–Trinajstić information content (AvgIpc) is 3.13. The molecule has 0 aromatic heterocycles. The van der Waals surface area contributed by atoms with Gasteiger partial charge >= 0.3 is 0 Å². The molecule has 2 fully saturated rings. The van der Waals surface area contributed by atoms with Gasteiger partial charge in [0.15, 0.2) is 11.5 Å². The second-order valence-corrected chi connectivity index (χ2v) is 8.75. The summed E-state index contributed by atoms with van der Waals surface area (Å²) in [6.07, 6.45) is 0.659. The molecule has 3 aliphatic heterocycles. The number of ketones is 1. The van der Waals surface area contributed by atoms with Gasteiger partial charge in [-0.3, -0.25) is 14.5 Å². The third kappa shape index (κ3) is 4.69. The topological polar surface area (TPSA) is 109 Å². The lowest BCUT2D eigenvalue weighted by molar-refractivity contribution is -0.140. The summed E-state index contributed by atoms with van der Waals surface area (Å²) >= 11 is 0. The lowest BCUT2D eigenvalue weighted by atomic mass is 9.95.